The standard InChI is InChI=1S/C26H44N2O2/c1-10-22(26(7,8)9)23(29)18(2)15-28-19(3)16-27-17-21-13-11-12-20(24(21)30)14-25(4,5)6/h10-13,18-19,27-28,30H,14-17H2,1-9H3/b22-10+. The molecule has 0 saturated carbocycles. The van der Waals surface area contributed by atoms with Crippen molar-refractivity contribution in [2.75, 3.05) is 13.1 Å². The average Bonchev–Trinajstić information content (AvgIpc) is 2.60. The molecule has 0 heterocycles. The number of phenolic OH excluding ortho intramolecular Hbond substituents is 1. The molecule has 1 aromatic rings. The maximum Gasteiger partial charge on any atom is 0.163 e. The number of hydrogen-bond acceptors (Lipinski definition) is 4. The molecule has 4 nitrogen and oxygen atoms in total. The van der Waals surface area contributed by atoms with Crippen LogP contribution in [-0.4, -0.2) is 30.0 Å². The van der Waals surface area contributed by atoms with Gasteiger partial charge in [0.1, 0.15) is 5.75 Å². The number of carbonyl (C=O) groups excluding carboxylic acids is 1. The van der Waals surface area contributed by atoms with E-state index < -0.39 is 0 Å². The van der Waals surface area contributed by atoms with Gasteiger partial charge in [-0.3, -0.25) is 4.79 Å². The lowest BCUT2D eigenvalue weighted by atomic mass is 9.80. The van der Waals surface area contributed by atoms with Gasteiger partial charge in [0.2, 0.25) is 0 Å². The van der Waals surface area contributed by atoms with Gasteiger partial charge in [-0.2, -0.15) is 0 Å². The largest absolute Gasteiger partial charge is 0.507 e. The fourth-order valence-corrected chi connectivity index (χ4v) is 3.68. The number of aromatic hydroxyl groups is 1. The van der Waals surface area contributed by atoms with Crippen LogP contribution in [0.25, 0.3) is 0 Å². The Morgan fingerprint density at radius 1 is 1.07 bits per heavy atom. The summed E-state index contributed by atoms with van der Waals surface area (Å²) in [5.74, 6) is 0.565. The number of carbonyl (C=O) groups is 1. The zero-order chi connectivity index (χ0) is 23.1. The highest BCUT2D eigenvalue weighted by atomic mass is 16.3. The molecule has 0 fully saturated rings. The normalized spacial score (nSPS) is 15.2. The number of phenols is 1. The molecule has 0 aliphatic carbocycles. The van der Waals surface area contributed by atoms with Gasteiger partial charge >= 0.3 is 0 Å². The summed E-state index contributed by atoms with van der Waals surface area (Å²) in [5, 5.41) is 17.5. The second-order valence-corrected chi connectivity index (χ2v) is 10.8. The summed E-state index contributed by atoms with van der Waals surface area (Å²) >= 11 is 0. The first-order chi connectivity index (χ1) is 13.8. The van der Waals surface area contributed by atoms with E-state index in [2.05, 4.69) is 59.1 Å². The lowest BCUT2D eigenvalue weighted by molar-refractivity contribution is -0.119. The Bertz CT molecular complexity index is 724. The van der Waals surface area contributed by atoms with Crippen molar-refractivity contribution in [1.82, 2.24) is 10.6 Å². The Kier molecular flexibility index (Phi) is 9.77. The molecule has 1 aromatic carbocycles. The van der Waals surface area contributed by atoms with Gasteiger partial charge in [0, 0.05) is 37.2 Å². The fraction of sp³-hybridized carbons (Fsp3) is 0.654. The number of hydrogen-bond donors (Lipinski definition) is 3. The highest BCUT2D eigenvalue weighted by molar-refractivity contribution is 5.98. The van der Waals surface area contributed by atoms with Gasteiger partial charge in [0.25, 0.3) is 0 Å². The van der Waals surface area contributed by atoms with Gasteiger partial charge in [-0.15, -0.1) is 0 Å². The van der Waals surface area contributed by atoms with E-state index >= 15 is 0 Å². The van der Waals surface area contributed by atoms with Crippen LogP contribution in [0.5, 0.6) is 5.75 Å². The number of rotatable bonds is 10. The first kappa shape index (κ1) is 26.4. The minimum absolute atomic E-state index is 0.0593. The average molecular weight is 417 g/mol. The minimum atomic E-state index is -0.128. The van der Waals surface area contributed by atoms with Crippen molar-refractivity contribution < 1.29 is 9.90 Å². The van der Waals surface area contributed by atoms with Gasteiger partial charge in [-0.25, -0.2) is 0 Å². The van der Waals surface area contributed by atoms with Gasteiger partial charge in [-0.1, -0.05) is 72.7 Å². The number of benzene rings is 1. The SMILES string of the molecule is C/C=C(\C(=O)C(C)CNC(C)CNCc1cccc(CC(C)(C)C)c1O)C(C)(C)C. The molecule has 0 aromatic heterocycles. The molecule has 0 aliphatic rings. The molecule has 0 saturated heterocycles. The molecule has 2 atom stereocenters. The van der Waals surface area contributed by atoms with Crippen LogP contribution in [0.1, 0.15) is 73.4 Å². The third kappa shape index (κ3) is 8.61. The van der Waals surface area contributed by atoms with Crippen LogP contribution in [0.3, 0.4) is 0 Å². The lowest BCUT2D eigenvalue weighted by Gasteiger charge is -2.25. The molecular weight excluding hydrogens is 372 g/mol. The topological polar surface area (TPSA) is 61.4 Å². The molecule has 0 bridgehead atoms. The summed E-state index contributed by atoms with van der Waals surface area (Å²) < 4.78 is 0. The van der Waals surface area contributed by atoms with E-state index in [-0.39, 0.29) is 28.6 Å². The Labute approximate surface area is 184 Å². The third-order valence-corrected chi connectivity index (χ3v) is 5.27. The molecule has 0 radical (unpaired) electrons. The van der Waals surface area contributed by atoms with Crippen molar-refractivity contribution >= 4 is 5.78 Å². The summed E-state index contributed by atoms with van der Waals surface area (Å²) in [6.45, 7) is 20.9. The monoisotopic (exact) mass is 416 g/mol. The highest BCUT2D eigenvalue weighted by Crippen LogP contribution is 2.29. The van der Waals surface area contributed by atoms with Crippen molar-refractivity contribution in [2.45, 2.75) is 81.3 Å². The van der Waals surface area contributed by atoms with Crippen molar-refractivity contribution in [3.8, 4) is 5.75 Å². The molecule has 0 amide bonds. The van der Waals surface area contributed by atoms with E-state index in [9.17, 15) is 9.90 Å². The summed E-state index contributed by atoms with van der Waals surface area (Å²) in [7, 11) is 0. The Balaban J connectivity index is 2.52. The van der Waals surface area contributed by atoms with Crippen LogP contribution in [0.4, 0.5) is 0 Å². The fourth-order valence-electron chi connectivity index (χ4n) is 3.68. The third-order valence-electron chi connectivity index (χ3n) is 5.27. The highest BCUT2D eigenvalue weighted by Gasteiger charge is 2.26. The van der Waals surface area contributed by atoms with Gasteiger partial charge in [-0.05, 0) is 42.2 Å². The van der Waals surface area contributed by atoms with Crippen LogP contribution < -0.4 is 10.6 Å². The molecule has 1 rings (SSSR count). The van der Waals surface area contributed by atoms with Crippen molar-refractivity contribution in [1.29, 1.82) is 0 Å². The van der Waals surface area contributed by atoms with Crippen LogP contribution in [0.2, 0.25) is 0 Å². The van der Waals surface area contributed by atoms with Gasteiger partial charge in [0.05, 0.1) is 0 Å². The molecule has 3 N–H and O–H groups in total. The first-order valence-electron chi connectivity index (χ1n) is 11.2. The molecule has 30 heavy (non-hydrogen) atoms. The molecule has 4 heteroatoms. The van der Waals surface area contributed by atoms with E-state index in [1.165, 1.54) is 0 Å². The van der Waals surface area contributed by atoms with E-state index in [1.54, 1.807) is 0 Å². The van der Waals surface area contributed by atoms with Crippen LogP contribution in [0, 0.1) is 16.7 Å². The van der Waals surface area contributed by atoms with Crippen LogP contribution in [-0.2, 0) is 17.8 Å². The summed E-state index contributed by atoms with van der Waals surface area (Å²) in [6.07, 6.45) is 2.80. The number of nitrogens with one attached hydrogen (secondary N) is 2. The van der Waals surface area contributed by atoms with E-state index in [4.69, 9.17) is 0 Å². The van der Waals surface area contributed by atoms with Gasteiger partial charge in [0.15, 0.2) is 5.78 Å². The van der Waals surface area contributed by atoms with E-state index in [0.29, 0.717) is 18.8 Å². The summed E-state index contributed by atoms with van der Waals surface area (Å²) in [6, 6.07) is 6.21. The van der Waals surface area contributed by atoms with Gasteiger partial charge < -0.3 is 15.7 Å². The Morgan fingerprint density at radius 2 is 1.67 bits per heavy atom. The van der Waals surface area contributed by atoms with E-state index in [0.717, 1.165) is 29.7 Å². The van der Waals surface area contributed by atoms with Crippen molar-refractivity contribution in [3.05, 3.63) is 41.0 Å². The quantitative estimate of drug-likeness (QED) is 0.456. The molecule has 0 aliphatic heterocycles. The molecule has 2 unspecified atom stereocenters. The summed E-state index contributed by atoms with van der Waals surface area (Å²) in [4.78, 5) is 12.7. The number of Topliss-reactive ketones (excluding diaryl/α,β-unsaturated/α-hetero) is 1. The predicted molar refractivity (Wildman–Crippen MR) is 128 cm³/mol. The lowest BCUT2D eigenvalue weighted by Crippen LogP contribution is -2.40. The zero-order valence-corrected chi connectivity index (χ0v) is 20.6. The number of para-hydroxylation sites is 1. The molecule has 0 spiro atoms. The van der Waals surface area contributed by atoms with E-state index in [1.807, 2.05) is 38.1 Å². The second-order valence-electron chi connectivity index (χ2n) is 10.8. The van der Waals surface area contributed by atoms with Crippen LogP contribution in [0.15, 0.2) is 29.8 Å². The maximum absolute atomic E-state index is 12.7. The van der Waals surface area contributed by atoms with Crippen molar-refractivity contribution in [2.24, 2.45) is 16.7 Å². The second kappa shape index (κ2) is 11.1. The number of allylic oxidation sites excluding steroid dienone is 2. The smallest absolute Gasteiger partial charge is 0.163 e. The minimum Gasteiger partial charge on any atom is -0.507 e. The molecular formula is C26H44N2O2. The predicted octanol–water partition coefficient (Wildman–Crippen LogP) is 5.25. The van der Waals surface area contributed by atoms with Crippen molar-refractivity contribution in [3.63, 3.8) is 0 Å². The summed E-state index contributed by atoms with van der Waals surface area (Å²) in [5.41, 5.74) is 2.83. The van der Waals surface area contributed by atoms with Crippen LogP contribution >= 0.6 is 0 Å². The Hall–Kier alpha value is -1.65. The Morgan fingerprint density at radius 3 is 2.20 bits per heavy atom. The maximum atomic E-state index is 12.7. The molecule has 170 valence electrons. The first-order valence-corrected chi connectivity index (χ1v) is 11.2. The number of ketones is 1. The zero-order valence-electron chi connectivity index (χ0n) is 20.6.